The van der Waals surface area contributed by atoms with Crippen molar-refractivity contribution in [3.8, 4) is 10.4 Å². The highest BCUT2D eigenvalue weighted by Crippen LogP contribution is 2.35. The number of hydrogen-bond acceptors (Lipinski definition) is 1. The van der Waals surface area contributed by atoms with Crippen molar-refractivity contribution in [3.05, 3.63) is 52.9 Å². The van der Waals surface area contributed by atoms with Crippen LogP contribution in [-0.4, -0.2) is 0 Å². The Bertz CT molecular complexity index is 577. The molecule has 0 amide bonds. The molecule has 0 saturated carbocycles. The number of rotatable bonds is 2. The summed E-state index contributed by atoms with van der Waals surface area (Å²) in [6.07, 6.45) is 2.15. The monoisotopic (exact) mass is 270 g/mol. The maximum Gasteiger partial charge on any atom is 0.0345 e. The molecule has 0 atom stereocenters. The molecular weight excluding hydrogens is 248 g/mol. The highest BCUT2D eigenvalue weighted by molar-refractivity contribution is 7.15. The van der Waals surface area contributed by atoms with E-state index in [0.29, 0.717) is 0 Å². The van der Waals surface area contributed by atoms with Gasteiger partial charge in [0.25, 0.3) is 0 Å². The molecule has 0 radical (unpaired) electrons. The zero-order chi connectivity index (χ0) is 14.0. The zero-order valence-corrected chi connectivity index (χ0v) is 13.3. The van der Waals surface area contributed by atoms with E-state index in [1.807, 2.05) is 11.3 Å². The fraction of sp³-hybridized carbons (Fsp3) is 0.333. The predicted octanol–water partition coefficient (Wildman–Crippen LogP) is 6.14. The summed E-state index contributed by atoms with van der Waals surface area (Å²) in [4.78, 5) is 2.80. The Morgan fingerprint density at radius 3 is 2.11 bits per heavy atom. The molecule has 0 aliphatic heterocycles. The minimum Gasteiger partial charge on any atom is -0.140 e. The minimum atomic E-state index is 0.240. The fourth-order valence-electron chi connectivity index (χ4n) is 1.96. The van der Waals surface area contributed by atoms with E-state index in [9.17, 15) is 0 Å². The molecule has 1 aromatic carbocycles. The SMILES string of the molecule is C/C=C(\C)c1ccc(-c2ccc(C(C)(C)C)s2)cc1. The first kappa shape index (κ1) is 14.1. The first-order valence-corrected chi connectivity index (χ1v) is 7.57. The van der Waals surface area contributed by atoms with Crippen molar-refractivity contribution in [3.63, 3.8) is 0 Å². The van der Waals surface area contributed by atoms with Gasteiger partial charge < -0.3 is 0 Å². The van der Waals surface area contributed by atoms with Crippen molar-refractivity contribution >= 4 is 16.9 Å². The Labute approximate surface area is 120 Å². The van der Waals surface area contributed by atoms with Gasteiger partial charge in [0, 0.05) is 9.75 Å². The molecule has 19 heavy (non-hydrogen) atoms. The Hall–Kier alpha value is -1.34. The number of allylic oxidation sites excluding steroid dienone is 2. The lowest BCUT2D eigenvalue weighted by Gasteiger charge is -2.15. The largest absolute Gasteiger partial charge is 0.140 e. The van der Waals surface area contributed by atoms with Crippen LogP contribution in [0.3, 0.4) is 0 Å². The van der Waals surface area contributed by atoms with Gasteiger partial charge in [-0.3, -0.25) is 0 Å². The second kappa shape index (κ2) is 5.34. The van der Waals surface area contributed by atoms with Gasteiger partial charge in [0.1, 0.15) is 0 Å². The molecule has 2 aromatic rings. The predicted molar refractivity (Wildman–Crippen MR) is 87.8 cm³/mol. The van der Waals surface area contributed by atoms with Crippen molar-refractivity contribution in [2.24, 2.45) is 0 Å². The molecule has 0 N–H and O–H groups in total. The molecule has 100 valence electrons. The molecule has 0 bridgehead atoms. The van der Waals surface area contributed by atoms with Gasteiger partial charge >= 0.3 is 0 Å². The topological polar surface area (TPSA) is 0 Å². The number of benzene rings is 1. The van der Waals surface area contributed by atoms with Crippen LogP contribution in [0.1, 0.15) is 45.1 Å². The smallest absolute Gasteiger partial charge is 0.0345 e. The van der Waals surface area contributed by atoms with Gasteiger partial charge in [-0.25, -0.2) is 0 Å². The van der Waals surface area contributed by atoms with Crippen molar-refractivity contribution in [1.29, 1.82) is 0 Å². The van der Waals surface area contributed by atoms with E-state index in [0.717, 1.165) is 0 Å². The molecule has 0 nitrogen and oxygen atoms in total. The lowest BCUT2D eigenvalue weighted by atomic mass is 9.95. The van der Waals surface area contributed by atoms with Crippen LogP contribution in [0.4, 0.5) is 0 Å². The summed E-state index contributed by atoms with van der Waals surface area (Å²) < 4.78 is 0. The molecule has 1 heterocycles. The van der Waals surface area contributed by atoms with Crippen molar-refractivity contribution < 1.29 is 0 Å². The molecule has 2 rings (SSSR count). The summed E-state index contributed by atoms with van der Waals surface area (Å²) in [7, 11) is 0. The van der Waals surface area contributed by atoms with Crippen LogP contribution < -0.4 is 0 Å². The maximum absolute atomic E-state index is 2.26. The third-order valence-corrected chi connectivity index (χ3v) is 4.96. The molecule has 0 fully saturated rings. The lowest BCUT2D eigenvalue weighted by molar-refractivity contribution is 0.604. The summed E-state index contributed by atoms with van der Waals surface area (Å²) in [6, 6.07) is 13.4. The highest BCUT2D eigenvalue weighted by atomic mass is 32.1. The lowest BCUT2D eigenvalue weighted by Crippen LogP contribution is -2.07. The second-order valence-corrected chi connectivity index (χ2v) is 7.05. The van der Waals surface area contributed by atoms with Crippen LogP contribution >= 0.6 is 11.3 Å². The Balaban J connectivity index is 2.30. The van der Waals surface area contributed by atoms with E-state index in [4.69, 9.17) is 0 Å². The molecule has 0 saturated heterocycles. The zero-order valence-electron chi connectivity index (χ0n) is 12.4. The summed E-state index contributed by atoms with van der Waals surface area (Å²) in [5.74, 6) is 0. The number of hydrogen-bond donors (Lipinski definition) is 0. The van der Waals surface area contributed by atoms with Gasteiger partial charge in [-0.2, -0.15) is 0 Å². The molecular formula is C18H22S. The first-order valence-electron chi connectivity index (χ1n) is 6.76. The third-order valence-electron chi connectivity index (χ3n) is 3.40. The van der Waals surface area contributed by atoms with Crippen LogP contribution in [0.5, 0.6) is 0 Å². The molecule has 0 aliphatic carbocycles. The average molecular weight is 270 g/mol. The minimum absolute atomic E-state index is 0.240. The van der Waals surface area contributed by atoms with Gasteiger partial charge in [-0.05, 0) is 48.1 Å². The second-order valence-electron chi connectivity index (χ2n) is 5.96. The van der Waals surface area contributed by atoms with E-state index >= 15 is 0 Å². The Morgan fingerprint density at radius 1 is 1.00 bits per heavy atom. The van der Waals surface area contributed by atoms with Crippen molar-refractivity contribution in [2.75, 3.05) is 0 Å². The van der Waals surface area contributed by atoms with Crippen molar-refractivity contribution in [2.45, 2.75) is 40.0 Å². The van der Waals surface area contributed by atoms with E-state index in [1.54, 1.807) is 0 Å². The van der Waals surface area contributed by atoms with Gasteiger partial charge in [0.2, 0.25) is 0 Å². The van der Waals surface area contributed by atoms with E-state index < -0.39 is 0 Å². The summed E-state index contributed by atoms with van der Waals surface area (Å²) in [5, 5.41) is 0. The third kappa shape index (κ3) is 3.16. The van der Waals surface area contributed by atoms with Crippen LogP contribution in [0, 0.1) is 0 Å². The van der Waals surface area contributed by atoms with Crippen LogP contribution in [0.2, 0.25) is 0 Å². The fourth-order valence-corrected chi connectivity index (χ4v) is 3.03. The highest BCUT2D eigenvalue weighted by Gasteiger charge is 2.16. The Kier molecular flexibility index (Phi) is 3.96. The molecule has 0 aliphatic rings. The van der Waals surface area contributed by atoms with Crippen LogP contribution in [-0.2, 0) is 5.41 Å². The molecule has 0 spiro atoms. The van der Waals surface area contributed by atoms with Gasteiger partial charge in [-0.1, -0.05) is 51.1 Å². The summed E-state index contributed by atoms with van der Waals surface area (Å²) in [5.41, 5.74) is 4.19. The van der Waals surface area contributed by atoms with Gasteiger partial charge in [0.15, 0.2) is 0 Å². The maximum atomic E-state index is 2.26. The standard InChI is InChI=1S/C18H22S/c1-6-13(2)14-7-9-15(10-8-14)16-11-12-17(19-16)18(3,4)5/h6-12H,1-5H3/b13-6+. The van der Waals surface area contributed by atoms with E-state index in [-0.39, 0.29) is 5.41 Å². The average Bonchev–Trinajstić information content (AvgIpc) is 2.87. The van der Waals surface area contributed by atoms with Crippen molar-refractivity contribution in [1.82, 2.24) is 0 Å². The summed E-state index contributed by atoms with van der Waals surface area (Å²) >= 11 is 1.90. The van der Waals surface area contributed by atoms with E-state index in [1.165, 1.54) is 26.5 Å². The normalized spacial score (nSPS) is 12.8. The van der Waals surface area contributed by atoms with Gasteiger partial charge in [-0.15, -0.1) is 11.3 Å². The summed E-state index contributed by atoms with van der Waals surface area (Å²) in [6.45, 7) is 11.0. The van der Waals surface area contributed by atoms with E-state index in [2.05, 4.69) is 77.1 Å². The Morgan fingerprint density at radius 2 is 1.63 bits per heavy atom. The molecule has 1 heteroatoms. The first-order chi connectivity index (χ1) is 8.91. The van der Waals surface area contributed by atoms with Crippen LogP contribution in [0.15, 0.2) is 42.5 Å². The molecule has 0 unspecified atom stereocenters. The number of thiophene rings is 1. The van der Waals surface area contributed by atoms with Gasteiger partial charge in [0.05, 0.1) is 0 Å². The quantitative estimate of drug-likeness (QED) is 0.615. The van der Waals surface area contributed by atoms with Crippen LogP contribution in [0.25, 0.3) is 16.0 Å². The molecule has 1 aromatic heterocycles.